The molecular formula is C11H16BrN. The van der Waals surface area contributed by atoms with Crippen LogP contribution in [-0.4, -0.2) is 6.04 Å². The molecule has 0 fully saturated rings. The van der Waals surface area contributed by atoms with E-state index in [0.717, 1.165) is 23.7 Å². The lowest BCUT2D eigenvalue weighted by atomic mass is 10.0. The molecule has 1 nitrogen and oxygen atoms in total. The predicted octanol–water partition coefficient (Wildman–Crippen LogP) is 3.12. The fourth-order valence-electron chi connectivity index (χ4n) is 1.25. The van der Waals surface area contributed by atoms with Crippen molar-refractivity contribution in [2.45, 2.75) is 32.2 Å². The first-order valence-corrected chi connectivity index (χ1v) is 5.51. The fourth-order valence-corrected chi connectivity index (χ4v) is 1.70. The molecule has 2 heteroatoms. The summed E-state index contributed by atoms with van der Waals surface area (Å²) in [6.45, 7) is 2.13. The van der Waals surface area contributed by atoms with Crippen molar-refractivity contribution in [1.29, 1.82) is 0 Å². The number of rotatable bonds is 4. The standard InChI is InChI=1S/C11H16BrN/c1-2-11(13)7-6-9-4-3-5-10(12)8-9/h3-5,8,11H,2,6-7,13H2,1H3. The Hall–Kier alpha value is -0.340. The van der Waals surface area contributed by atoms with Gasteiger partial charge in [0, 0.05) is 10.5 Å². The predicted molar refractivity (Wildman–Crippen MR) is 60.7 cm³/mol. The van der Waals surface area contributed by atoms with Crippen molar-refractivity contribution in [2.75, 3.05) is 0 Å². The summed E-state index contributed by atoms with van der Waals surface area (Å²) in [5.41, 5.74) is 7.21. The molecule has 1 unspecified atom stereocenters. The maximum absolute atomic E-state index is 5.85. The van der Waals surface area contributed by atoms with Gasteiger partial charge in [-0.05, 0) is 37.0 Å². The lowest BCUT2D eigenvalue weighted by Crippen LogP contribution is -2.18. The van der Waals surface area contributed by atoms with Crippen LogP contribution in [0, 0.1) is 0 Å². The second kappa shape index (κ2) is 5.40. The first-order valence-electron chi connectivity index (χ1n) is 4.72. The minimum atomic E-state index is 0.346. The Labute approximate surface area is 88.5 Å². The highest BCUT2D eigenvalue weighted by Crippen LogP contribution is 2.13. The third-order valence-electron chi connectivity index (χ3n) is 2.22. The highest BCUT2D eigenvalue weighted by Gasteiger charge is 2.00. The van der Waals surface area contributed by atoms with Crippen molar-refractivity contribution in [3.63, 3.8) is 0 Å². The van der Waals surface area contributed by atoms with Crippen molar-refractivity contribution >= 4 is 15.9 Å². The molecule has 0 saturated heterocycles. The lowest BCUT2D eigenvalue weighted by Gasteiger charge is -2.08. The van der Waals surface area contributed by atoms with E-state index < -0.39 is 0 Å². The Balaban J connectivity index is 2.45. The van der Waals surface area contributed by atoms with E-state index in [-0.39, 0.29) is 0 Å². The van der Waals surface area contributed by atoms with Gasteiger partial charge >= 0.3 is 0 Å². The molecule has 0 aromatic heterocycles. The Morgan fingerprint density at radius 1 is 1.46 bits per heavy atom. The van der Waals surface area contributed by atoms with Crippen molar-refractivity contribution in [3.05, 3.63) is 34.3 Å². The maximum Gasteiger partial charge on any atom is 0.0177 e. The maximum atomic E-state index is 5.85. The second-order valence-corrected chi connectivity index (χ2v) is 4.25. The monoisotopic (exact) mass is 241 g/mol. The van der Waals surface area contributed by atoms with E-state index in [1.54, 1.807) is 0 Å². The van der Waals surface area contributed by atoms with E-state index in [0.29, 0.717) is 6.04 Å². The first-order chi connectivity index (χ1) is 6.22. The van der Waals surface area contributed by atoms with Crippen LogP contribution in [0.3, 0.4) is 0 Å². The molecule has 0 radical (unpaired) electrons. The van der Waals surface area contributed by atoms with Crippen molar-refractivity contribution in [2.24, 2.45) is 5.73 Å². The van der Waals surface area contributed by atoms with Crippen molar-refractivity contribution < 1.29 is 0 Å². The SMILES string of the molecule is CCC(N)CCc1cccc(Br)c1. The Morgan fingerprint density at radius 3 is 2.85 bits per heavy atom. The van der Waals surface area contributed by atoms with E-state index >= 15 is 0 Å². The second-order valence-electron chi connectivity index (χ2n) is 3.34. The van der Waals surface area contributed by atoms with Gasteiger partial charge in [-0.1, -0.05) is 35.0 Å². The number of nitrogens with two attached hydrogens (primary N) is 1. The topological polar surface area (TPSA) is 26.0 Å². The molecule has 1 aromatic carbocycles. The zero-order valence-corrected chi connectivity index (χ0v) is 9.55. The average molecular weight is 242 g/mol. The molecule has 0 spiro atoms. The highest BCUT2D eigenvalue weighted by molar-refractivity contribution is 9.10. The Bertz CT molecular complexity index is 260. The van der Waals surface area contributed by atoms with Gasteiger partial charge in [-0.3, -0.25) is 0 Å². The molecule has 0 heterocycles. The van der Waals surface area contributed by atoms with E-state index in [9.17, 15) is 0 Å². The molecule has 72 valence electrons. The summed E-state index contributed by atoms with van der Waals surface area (Å²) in [4.78, 5) is 0. The number of halogens is 1. The van der Waals surface area contributed by atoms with Gasteiger partial charge in [0.15, 0.2) is 0 Å². The molecule has 2 N–H and O–H groups in total. The molecule has 1 rings (SSSR count). The Kier molecular flexibility index (Phi) is 4.46. The van der Waals surface area contributed by atoms with Crippen LogP contribution in [-0.2, 0) is 6.42 Å². The highest BCUT2D eigenvalue weighted by atomic mass is 79.9. The van der Waals surface area contributed by atoms with Crippen molar-refractivity contribution in [1.82, 2.24) is 0 Å². The summed E-state index contributed by atoms with van der Waals surface area (Å²) >= 11 is 3.45. The Morgan fingerprint density at radius 2 is 2.23 bits per heavy atom. The zero-order chi connectivity index (χ0) is 9.68. The molecule has 0 amide bonds. The fraction of sp³-hybridized carbons (Fsp3) is 0.455. The smallest absolute Gasteiger partial charge is 0.0177 e. The van der Waals surface area contributed by atoms with Gasteiger partial charge < -0.3 is 5.73 Å². The molecule has 0 aliphatic rings. The number of hydrogen-bond donors (Lipinski definition) is 1. The average Bonchev–Trinajstić information content (AvgIpc) is 2.14. The van der Waals surface area contributed by atoms with Crippen LogP contribution in [0.15, 0.2) is 28.7 Å². The third-order valence-corrected chi connectivity index (χ3v) is 2.71. The summed E-state index contributed by atoms with van der Waals surface area (Å²) in [5, 5.41) is 0. The molecule has 1 aromatic rings. The molecule has 13 heavy (non-hydrogen) atoms. The summed E-state index contributed by atoms with van der Waals surface area (Å²) in [5.74, 6) is 0. The summed E-state index contributed by atoms with van der Waals surface area (Å²) < 4.78 is 1.15. The zero-order valence-electron chi connectivity index (χ0n) is 7.96. The van der Waals surface area contributed by atoms with Crippen LogP contribution in [0.1, 0.15) is 25.3 Å². The molecule has 0 aliphatic heterocycles. The number of aryl methyl sites for hydroxylation is 1. The normalized spacial score (nSPS) is 12.8. The van der Waals surface area contributed by atoms with Crippen molar-refractivity contribution in [3.8, 4) is 0 Å². The number of benzene rings is 1. The van der Waals surface area contributed by atoms with E-state index in [2.05, 4.69) is 41.1 Å². The molecular weight excluding hydrogens is 226 g/mol. The first kappa shape index (κ1) is 10.7. The van der Waals surface area contributed by atoms with E-state index in [1.807, 2.05) is 6.07 Å². The van der Waals surface area contributed by atoms with Gasteiger partial charge in [0.2, 0.25) is 0 Å². The van der Waals surface area contributed by atoms with Gasteiger partial charge in [0.05, 0.1) is 0 Å². The van der Waals surface area contributed by atoms with Crippen LogP contribution in [0.2, 0.25) is 0 Å². The molecule has 0 aliphatic carbocycles. The minimum absolute atomic E-state index is 0.346. The van der Waals surface area contributed by atoms with Gasteiger partial charge in [0.1, 0.15) is 0 Å². The molecule has 0 bridgehead atoms. The van der Waals surface area contributed by atoms with Crippen LogP contribution in [0.5, 0.6) is 0 Å². The van der Waals surface area contributed by atoms with E-state index in [4.69, 9.17) is 5.73 Å². The van der Waals surface area contributed by atoms with Gasteiger partial charge in [-0.25, -0.2) is 0 Å². The minimum Gasteiger partial charge on any atom is -0.328 e. The lowest BCUT2D eigenvalue weighted by molar-refractivity contribution is 0.596. The van der Waals surface area contributed by atoms with Crippen LogP contribution < -0.4 is 5.73 Å². The van der Waals surface area contributed by atoms with Gasteiger partial charge in [0.25, 0.3) is 0 Å². The van der Waals surface area contributed by atoms with Crippen LogP contribution >= 0.6 is 15.9 Å². The summed E-state index contributed by atoms with van der Waals surface area (Å²) in [6, 6.07) is 8.76. The van der Waals surface area contributed by atoms with Crippen LogP contribution in [0.4, 0.5) is 0 Å². The summed E-state index contributed by atoms with van der Waals surface area (Å²) in [6.07, 6.45) is 3.22. The largest absolute Gasteiger partial charge is 0.328 e. The molecule has 0 saturated carbocycles. The third kappa shape index (κ3) is 3.92. The van der Waals surface area contributed by atoms with Crippen LogP contribution in [0.25, 0.3) is 0 Å². The van der Waals surface area contributed by atoms with Gasteiger partial charge in [-0.2, -0.15) is 0 Å². The molecule has 1 atom stereocenters. The van der Waals surface area contributed by atoms with E-state index in [1.165, 1.54) is 5.56 Å². The van der Waals surface area contributed by atoms with Gasteiger partial charge in [-0.15, -0.1) is 0 Å². The number of hydrogen-bond acceptors (Lipinski definition) is 1. The summed E-state index contributed by atoms with van der Waals surface area (Å²) in [7, 11) is 0. The quantitative estimate of drug-likeness (QED) is 0.862.